The number of aryl methyl sites for hydroxylation is 1. The molecule has 3 rings (SSSR count). The van der Waals surface area contributed by atoms with Crippen molar-refractivity contribution in [3.63, 3.8) is 0 Å². The highest BCUT2D eigenvalue weighted by molar-refractivity contribution is 5.74. The Labute approximate surface area is 124 Å². The monoisotopic (exact) mass is 278 g/mol. The molecule has 0 bridgehead atoms. The summed E-state index contributed by atoms with van der Waals surface area (Å²) in [5.41, 5.74) is 5.34. The van der Waals surface area contributed by atoms with Crippen molar-refractivity contribution < 1.29 is 0 Å². The van der Waals surface area contributed by atoms with Crippen LogP contribution in [0.2, 0.25) is 0 Å². The molecule has 21 heavy (non-hydrogen) atoms. The highest BCUT2D eigenvalue weighted by Crippen LogP contribution is 2.24. The van der Waals surface area contributed by atoms with Gasteiger partial charge in [-0.2, -0.15) is 0 Å². The van der Waals surface area contributed by atoms with E-state index < -0.39 is 0 Å². The van der Waals surface area contributed by atoms with Crippen molar-refractivity contribution in [2.75, 3.05) is 6.54 Å². The lowest BCUT2D eigenvalue weighted by molar-refractivity contribution is 0.628. The summed E-state index contributed by atoms with van der Waals surface area (Å²) in [6.07, 6.45) is 7.23. The number of aromatic nitrogens is 3. The number of rotatable bonds is 4. The van der Waals surface area contributed by atoms with E-state index in [0.29, 0.717) is 0 Å². The minimum absolute atomic E-state index is 0.119. The van der Waals surface area contributed by atoms with Gasteiger partial charge in [-0.25, -0.2) is 0 Å². The molecule has 0 aliphatic carbocycles. The molecule has 4 heteroatoms. The fourth-order valence-corrected chi connectivity index (χ4v) is 2.53. The second-order valence-electron chi connectivity index (χ2n) is 5.09. The number of benzene rings is 1. The average Bonchev–Trinajstić information content (AvgIpc) is 2.52. The molecule has 0 radical (unpaired) electrons. The summed E-state index contributed by atoms with van der Waals surface area (Å²) < 4.78 is 0. The Balaban J connectivity index is 2.06. The largest absolute Gasteiger partial charge is 0.306 e. The third-order valence-corrected chi connectivity index (χ3v) is 3.46. The summed E-state index contributed by atoms with van der Waals surface area (Å²) in [4.78, 5) is 13.0. The quantitative estimate of drug-likeness (QED) is 0.797. The normalized spacial score (nSPS) is 12.5. The molecule has 0 spiro atoms. The summed E-state index contributed by atoms with van der Waals surface area (Å²) in [6.45, 7) is 5.06. The number of hydrogen-bond donors (Lipinski definition) is 1. The Morgan fingerprint density at radius 1 is 1.00 bits per heavy atom. The Morgan fingerprint density at radius 2 is 1.81 bits per heavy atom. The van der Waals surface area contributed by atoms with Gasteiger partial charge in [-0.3, -0.25) is 15.0 Å². The van der Waals surface area contributed by atoms with Gasteiger partial charge >= 0.3 is 0 Å². The van der Waals surface area contributed by atoms with Crippen molar-refractivity contribution in [1.29, 1.82) is 0 Å². The number of nitrogens with one attached hydrogen (secondary N) is 1. The third-order valence-electron chi connectivity index (χ3n) is 3.46. The van der Waals surface area contributed by atoms with Crippen LogP contribution in [-0.2, 0) is 0 Å². The molecule has 0 saturated heterocycles. The lowest BCUT2D eigenvalue weighted by atomic mass is 9.98. The zero-order chi connectivity index (χ0) is 14.7. The van der Waals surface area contributed by atoms with Crippen LogP contribution in [0.3, 0.4) is 0 Å². The smallest absolute Gasteiger partial charge is 0.0890 e. The number of nitrogens with zero attached hydrogens (tertiary/aromatic N) is 3. The van der Waals surface area contributed by atoms with Crippen LogP contribution in [0.5, 0.6) is 0 Å². The topological polar surface area (TPSA) is 50.7 Å². The van der Waals surface area contributed by atoms with Crippen molar-refractivity contribution in [3.05, 3.63) is 65.7 Å². The summed E-state index contributed by atoms with van der Waals surface area (Å²) in [5.74, 6) is 0. The first kappa shape index (κ1) is 13.6. The fraction of sp³-hybridized carbons (Fsp3) is 0.235. The van der Waals surface area contributed by atoms with E-state index in [1.807, 2.05) is 18.5 Å². The van der Waals surface area contributed by atoms with E-state index in [-0.39, 0.29) is 6.04 Å². The van der Waals surface area contributed by atoms with Crippen LogP contribution < -0.4 is 5.32 Å². The second kappa shape index (κ2) is 5.97. The van der Waals surface area contributed by atoms with Gasteiger partial charge in [0.25, 0.3) is 0 Å². The van der Waals surface area contributed by atoms with Crippen LogP contribution in [0.15, 0.2) is 49.1 Å². The van der Waals surface area contributed by atoms with E-state index in [4.69, 9.17) is 0 Å². The maximum Gasteiger partial charge on any atom is 0.0890 e. The van der Waals surface area contributed by atoms with Crippen molar-refractivity contribution in [1.82, 2.24) is 20.3 Å². The van der Waals surface area contributed by atoms with E-state index >= 15 is 0 Å². The minimum atomic E-state index is 0.119. The standard InChI is InChI=1S/C17H18N4/c1-3-19-17(14-8-12(2)10-18-11-14)13-4-5-15-16(9-13)21-7-6-20-15/h4-11,17,19H,3H2,1-2H3. The number of pyridine rings is 1. The number of hydrogen-bond acceptors (Lipinski definition) is 4. The Hall–Kier alpha value is -2.33. The minimum Gasteiger partial charge on any atom is -0.306 e. The van der Waals surface area contributed by atoms with E-state index in [1.54, 1.807) is 12.4 Å². The predicted molar refractivity (Wildman–Crippen MR) is 84.0 cm³/mol. The second-order valence-corrected chi connectivity index (χ2v) is 5.09. The van der Waals surface area contributed by atoms with Gasteiger partial charge in [0.05, 0.1) is 17.1 Å². The van der Waals surface area contributed by atoms with Crippen molar-refractivity contribution in [3.8, 4) is 0 Å². The van der Waals surface area contributed by atoms with Gasteiger partial charge < -0.3 is 5.32 Å². The lowest BCUT2D eigenvalue weighted by Crippen LogP contribution is -2.22. The Kier molecular flexibility index (Phi) is 3.88. The average molecular weight is 278 g/mol. The molecule has 1 atom stereocenters. The van der Waals surface area contributed by atoms with Gasteiger partial charge in [-0.15, -0.1) is 0 Å². The van der Waals surface area contributed by atoms with E-state index in [2.05, 4.69) is 52.3 Å². The molecule has 4 nitrogen and oxygen atoms in total. The van der Waals surface area contributed by atoms with Crippen LogP contribution in [0.1, 0.15) is 29.7 Å². The van der Waals surface area contributed by atoms with Crippen molar-refractivity contribution in [2.45, 2.75) is 19.9 Å². The molecule has 1 aromatic carbocycles. The summed E-state index contributed by atoms with van der Waals surface area (Å²) in [7, 11) is 0. The van der Waals surface area contributed by atoms with Crippen LogP contribution in [0.4, 0.5) is 0 Å². The van der Waals surface area contributed by atoms with E-state index in [1.165, 1.54) is 11.1 Å². The first-order valence-corrected chi connectivity index (χ1v) is 7.13. The van der Waals surface area contributed by atoms with Gasteiger partial charge in [0.1, 0.15) is 0 Å². The molecule has 1 N–H and O–H groups in total. The molecule has 2 aromatic heterocycles. The van der Waals surface area contributed by atoms with Crippen molar-refractivity contribution in [2.24, 2.45) is 0 Å². The van der Waals surface area contributed by atoms with E-state index in [9.17, 15) is 0 Å². The molecule has 1 unspecified atom stereocenters. The zero-order valence-electron chi connectivity index (χ0n) is 12.2. The molecule has 3 aromatic rings. The molecule has 0 aliphatic heterocycles. The molecule has 0 amide bonds. The van der Waals surface area contributed by atoms with Gasteiger partial charge in [0, 0.05) is 24.8 Å². The molecular weight excluding hydrogens is 260 g/mol. The predicted octanol–water partition coefficient (Wildman–Crippen LogP) is 3.03. The molecule has 106 valence electrons. The maximum atomic E-state index is 4.39. The molecule has 0 fully saturated rings. The van der Waals surface area contributed by atoms with Crippen LogP contribution in [-0.4, -0.2) is 21.5 Å². The number of fused-ring (bicyclic) bond motifs is 1. The van der Waals surface area contributed by atoms with E-state index in [0.717, 1.165) is 23.1 Å². The van der Waals surface area contributed by atoms with Gasteiger partial charge in [-0.05, 0) is 42.3 Å². The summed E-state index contributed by atoms with van der Waals surface area (Å²) >= 11 is 0. The van der Waals surface area contributed by atoms with Crippen LogP contribution in [0, 0.1) is 6.92 Å². The molecule has 0 saturated carbocycles. The SMILES string of the molecule is CCNC(c1cncc(C)c1)c1ccc2nccnc2c1. The van der Waals surface area contributed by atoms with Crippen LogP contribution in [0.25, 0.3) is 11.0 Å². The lowest BCUT2D eigenvalue weighted by Gasteiger charge is -2.19. The summed E-state index contributed by atoms with van der Waals surface area (Å²) in [5, 5.41) is 3.52. The first-order chi connectivity index (χ1) is 10.3. The zero-order valence-corrected chi connectivity index (χ0v) is 12.2. The summed E-state index contributed by atoms with van der Waals surface area (Å²) in [6, 6.07) is 8.51. The highest BCUT2D eigenvalue weighted by atomic mass is 14.9. The first-order valence-electron chi connectivity index (χ1n) is 7.13. The molecule has 2 heterocycles. The Bertz CT molecular complexity index is 754. The molecular formula is C17H18N4. The van der Waals surface area contributed by atoms with Gasteiger partial charge in [-0.1, -0.05) is 19.1 Å². The maximum absolute atomic E-state index is 4.39. The van der Waals surface area contributed by atoms with Crippen molar-refractivity contribution >= 4 is 11.0 Å². The fourth-order valence-electron chi connectivity index (χ4n) is 2.53. The van der Waals surface area contributed by atoms with Crippen LogP contribution >= 0.6 is 0 Å². The molecule has 0 aliphatic rings. The Morgan fingerprint density at radius 3 is 2.57 bits per heavy atom. The third kappa shape index (κ3) is 2.90. The van der Waals surface area contributed by atoms with Gasteiger partial charge in [0.15, 0.2) is 0 Å². The van der Waals surface area contributed by atoms with Gasteiger partial charge in [0.2, 0.25) is 0 Å². The highest BCUT2D eigenvalue weighted by Gasteiger charge is 2.14.